The van der Waals surface area contributed by atoms with Gasteiger partial charge in [0, 0.05) is 30.4 Å². The molecule has 3 rings (SSSR count). The quantitative estimate of drug-likeness (QED) is 0.870. The molecule has 20 heavy (non-hydrogen) atoms. The van der Waals surface area contributed by atoms with Crippen molar-refractivity contribution in [2.45, 2.75) is 31.4 Å². The Bertz CT molecular complexity index is 480. The molecule has 2 fully saturated rings. The fourth-order valence-corrected chi connectivity index (χ4v) is 4.53. The van der Waals surface area contributed by atoms with Gasteiger partial charge in [0.1, 0.15) is 0 Å². The minimum absolute atomic E-state index is 0.0273. The summed E-state index contributed by atoms with van der Waals surface area (Å²) in [6, 6.07) is 7.73. The Hall–Kier alpha value is -0.840. The zero-order valence-electron chi connectivity index (χ0n) is 11.6. The number of rotatable bonds is 3. The maximum Gasteiger partial charge on any atom is 0.166 e. The van der Waals surface area contributed by atoms with Gasteiger partial charge in [0.15, 0.2) is 5.78 Å². The first-order valence-electron chi connectivity index (χ1n) is 7.27. The molecule has 2 aliphatic rings. The van der Waals surface area contributed by atoms with Crippen molar-refractivity contribution in [2.24, 2.45) is 11.7 Å². The molecule has 2 heterocycles. The molecule has 2 aliphatic heterocycles. The van der Waals surface area contributed by atoms with Crippen molar-refractivity contribution in [3.05, 3.63) is 35.4 Å². The van der Waals surface area contributed by atoms with Crippen LogP contribution < -0.4 is 5.73 Å². The van der Waals surface area contributed by atoms with Crippen molar-refractivity contribution in [1.29, 1.82) is 0 Å². The molecule has 108 valence electrons. The molecular weight excluding hydrogens is 270 g/mol. The van der Waals surface area contributed by atoms with Crippen LogP contribution in [0.15, 0.2) is 24.3 Å². The minimum Gasteiger partial charge on any atom is -0.374 e. The van der Waals surface area contributed by atoms with Crippen LogP contribution in [0.3, 0.4) is 0 Å². The molecular formula is C16H21NO2S. The third kappa shape index (κ3) is 2.78. The van der Waals surface area contributed by atoms with Gasteiger partial charge in [-0.15, -0.1) is 0 Å². The zero-order chi connectivity index (χ0) is 14.0. The molecule has 0 radical (unpaired) electrons. The van der Waals surface area contributed by atoms with E-state index in [1.807, 2.05) is 36.0 Å². The van der Waals surface area contributed by atoms with Gasteiger partial charge in [0.05, 0.1) is 5.60 Å². The van der Waals surface area contributed by atoms with Crippen LogP contribution in [0.2, 0.25) is 0 Å². The van der Waals surface area contributed by atoms with E-state index >= 15 is 0 Å². The molecule has 0 aromatic heterocycles. The lowest BCUT2D eigenvalue weighted by atomic mass is 9.81. The van der Waals surface area contributed by atoms with E-state index in [2.05, 4.69) is 0 Å². The lowest BCUT2D eigenvalue weighted by Gasteiger charge is -2.37. The lowest BCUT2D eigenvalue weighted by Crippen LogP contribution is -2.42. The molecule has 1 aromatic rings. The maximum absolute atomic E-state index is 12.6. The number of hydrogen-bond acceptors (Lipinski definition) is 4. The second-order valence-electron chi connectivity index (χ2n) is 5.79. The van der Waals surface area contributed by atoms with Gasteiger partial charge >= 0.3 is 0 Å². The van der Waals surface area contributed by atoms with Gasteiger partial charge < -0.3 is 10.5 Å². The van der Waals surface area contributed by atoms with Crippen LogP contribution in [0, 0.1) is 5.92 Å². The number of ketones is 1. The Balaban J connectivity index is 1.72. The summed E-state index contributed by atoms with van der Waals surface area (Å²) in [6.45, 7) is 1.24. The number of nitrogens with two attached hydrogens (primary N) is 1. The van der Waals surface area contributed by atoms with Gasteiger partial charge in [0.2, 0.25) is 0 Å². The number of carbonyl (C=O) groups excluding carboxylic acids is 1. The van der Waals surface area contributed by atoms with E-state index in [4.69, 9.17) is 10.5 Å². The number of hydrogen-bond donors (Lipinski definition) is 1. The summed E-state index contributed by atoms with van der Waals surface area (Å²) < 4.78 is 5.99. The molecule has 2 unspecified atom stereocenters. The summed E-state index contributed by atoms with van der Waals surface area (Å²) in [6.07, 6.45) is 2.83. The van der Waals surface area contributed by atoms with Crippen molar-refractivity contribution >= 4 is 17.5 Å². The average molecular weight is 291 g/mol. The molecule has 2 atom stereocenters. The number of ether oxygens (including phenoxy) is 1. The number of carbonyl (C=O) groups is 1. The van der Waals surface area contributed by atoms with E-state index < -0.39 is 0 Å². The first-order valence-corrected chi connectivity index (χ1v) is 8.43. The van der Waals surface area contributed by atoms with Crippen molar-refractivity contribution in [2.75, 3.05) is 18.1 Å². The predicted octanol–water partition coefficient (Wildman–Crippen LogP) is 2.63. The van der Waals surface area contributed by atoms with Crippen molar-refractivity contribution in [3.63, 3.8) is 0 Å². The lowest BCUT2D eigenvalue weighted by molar-refractivity contribution is -0.0734. The van der Waals surface area contributed by atoms with E-state index in [9.17, 15) is 4.79 Å². The molecule has 2 saturated heterocycles. The van der Waals surface area contributed by atoms with Crippen LogP contribution in [0.5, 0.6) is 0 Å². The summed E-state index contributed by atoms with van der Waals surface area (Å²) in [5, 5.41) is 0. The zero-order valence-corrected chi connectivity index (χ0v) is 12.5. The van der Waals surface area contributed by atoms with Crippen molar-refractivity contribution < 1.29 is 9.53 Å². The number of Topliss-reactive ketones (excluding diaryl/α,β-unsaturated/α-hetero) is 1. The Kier molecular flexibility index (Phi) is 4.15. The molecule has 1 spiro atoms. The molecule has 0 saturated carbocycles. The molecule has 3 nitrogen and oxygen atoms in total. The highest BCUT2D eigenvalue weighted by Gasteiger charge is 2.42. The van der Waals surface area contributed by atoms with Crippen molar-refractivity contribution in [3.8, 4) is 0 Å². The highest BCUT2D eigenvalue weighted by Crippen LogP contribution is 2.41. The Morgan fingerprint density at radius 2 is 2.20 bits per heavy atom. The van der Waals surface area contributed by atoms with E-state index in [1.165, 1.54) is 0 Å². The Morgan fingerprint density at radius 3 is 2.85 bits per heavy atom. The van der Waals surface area contributed by atoms with Crippen molar-refractivity contribution in [1.82, 2.24) is 0 Å². The first-order chi connectivity index (χ1) is 9.72. The summed E-state index contributed by atoms with van der Waals surface area (Å²) in [4.78, 5) is 12.6. The minimum atomic E-state index is -0.0273. The molecule has 1 aromatic carbocycles. The standard InChI is InChI=1S/C16H21NO2S/c17-10-12-1-3-13(4-2-12)15(18)14-5-7-19-16(9-14)6-8-20-11-16/h1-4,14H,5-11,17H2. The largest absolute Gasteiger partial charge is 0.374 e. The monoisotopic (exact) mass is 291 g/mol. The second kappa shape index (κ2) is 5.88. The summed E-state index contributed by atoms with van der Waals surface area (Å²) in [7, 11) is 0. The highest BCUT2D eigenvalue weighted by molar-refractivity contribution is 7.99. The molecule has 2 N–H and O–H groups in total. The molecule has 0 bridgehead atoms. The highest BCUT2D eigenvalue weighted by atomic mass is 32.2. The smallest absolute Gasteiger partial charge is 0.166 e. The van der Waals surface area contributed by atoms with Gasteiger partial charge in [-0.3, -0.25) is 4.79 Å². The van der Waals surface area contributed by atoms with Crippen LogP contribution >= 0.6 is 11.8 Å². The maximum atomic E-state index is 12.6. The average Bonchev–Trinajstić information content (AvgIpc) is 2.94. The van der Waals surface area contributed by atoms with Crippen LogP contribution in [0.25, 0.3) is 0 Å². The molecule has 4 heteroatoms. The second-order valence-corrected chi connectivity index (χ2v) is 6.89. The van der Waals surface area contributed by atoms with Crippen LogP contribution in [0.4, 0.5) is 0 Å². The molecule has 0 aliphatic carbocycles. The summed E-state index contributed by atoms with van der Waals surface area (Å²) in [5.74, 6) is 2.59. The predicted molar refractivity (Wildman–Crippen MR) is 82.0 cm³/mol. The topological polar surface area (TPSA) is 52.3 Å². The van der Waals surface area contributed by atoms with Crippen LogP contribution in [0.1, 0.15) is 35.2 Å². The van der Waals surface area contributed by atoms with E-state index in [1.54, 1.807) is 0 Å². The summed E-state index contributed by atoms with van der Waals surface area (Å²) in [5.41, 5.74) is 7.45. The number of thioether (sulfide) groups is 1. The normalized spacial score (nSPS) is 29.8. The Morgan fingerprint density at radius 1 is 1.40 bits per heavy atom. The Labute approximate surface area is 124 Å². The first kappa shape index (κ1) is 14.1. The van der Waals surface area contributed by atoms with E-state index in [-0.39, 0.29) is 17.3 Å². The van der Waals surface area contributed by atoms with Gasteiger partial charge in [-0.25, -0.2) is 0 Å². The fraction of sp³-hybridized carbons (Fsp3) is 0.562. The third-order valence-corrected chi connectivity index (χ3v) is 5.63. The van der Waals surface area contributed by atoms with Crippen LogP contribution in [-0.4, -0.2) is 29.5 Å². The third-order valence-electron chi connectivity index (χ3n) is 4.41. The van der Waals surface area contributed by atoms with Gasteiger partial charge in [-0.05, 0) is 30.6 Å². The molecule has 0 amide bonds. The fourth-order valence-electron chi connectivity index (χ4n) is 3.16. The van der Waals surface area contributed by atoms with Crippen LogP contribution in [-0.2, 0) is 11.3 Å². The van der Waals surface area contributed by atoms with Gasteiger partial charge in [-0.2, -0.15) is 11.8 Å². The van der Waals surface area contributed by atoms with E-state index in [0.29, 0.717) is 6.54 Å². The summed E-state index contributed by atoms with van der Waals surface area (Å²) >= 11 is 1.94. The van der Waals surface area contributed by atoms with Gasteiger partial charge in [0.25, 0.3) is 0 Å². The van der Waals surface area contributed by atoms with E-state index in [0.717, 1.165) is 48.5 Å². The van der Waals surface area contributed by atoms with Gasteiger partial charge in [-0.1, -0.05) is 24.3 Å². The SMILES string of the molecule is NCc1ccc(C(=O)C2CCOC3(CCSC3)C2)cc1. The number of benzene rings is 1.